The van der Waals surface area contributed by atoms with E-state index < -0.39 is 46.3 Å². The number of alkyl halides is 3. The molecule has 2 atom stereocenters. The van der Waals surface area contributed by atoms with Crippen molar-refractivity contribution in [3.8, 4) is 11.1 Å². The highest BCUT2D eigenvalue weighted by atomic mass is 32.2. The number of carboxylic acid groups (broad SMARTS) is 1. The summed E-state index contributed by atoms with van der Waals surface area (Å²) >= 11 is 0. The van der Waals surface area contributed by atoms with E-state index >= 15 is 0 Å². The number of carbonyl (C=O) groups is 1. The molecule has 162 valence electrons. The molecule has 0 saturated heterocycles. The van der Waals surface area contributed by atoms with Gasteiger partial charge in [-0.15, -0.1) is 0 Å². The Morgan fingerprint density at radius 2 is 1.87 bits per heavy atom. The van der Waals surface area contributed by atoms with E-state index in [0.29, 0.717) is 5.56 Å². The van der Waals surface area contributed by atoms with E-state index in [4.69, 9.17) is 10.8 Å². The van der Waals surface area contributed by atoms with Crippen LogP contribution in [0.4, 0.5) is 13.2 Å². The molecule has 0 bridgehead atoms. The lowest BCUT2D eigenvalue weighted by atomic mass is 9.94. The first kappa shape index (κ1) is 23.5. The third kappa shape index (κ3) is 6.92. The molecule has 0 spiro atoms. The molecule has 30 heavy (non-hydrogen) atoms. The van der Waals surface area contributed by atoms with Gasteiger partial charge in [0.05, 0.1) is 11.7 Å². The molecule has 1 aromatic carbocycles. The van der Waals surface area contributed by atoms with Gasteiger partial charge in [-0.1, -0.05) is 30.3 Å². The third-order valence-corrected chi connectivity index (χ3v) is 5.50. The predicted molar refractivity (Wildman–Crippen MR) is 106 cm³/mol. The molecule has 0 aliphatic heterocycles. The molecule has 7 nitrogen and oxygen atoms in total. The predicted octanol–water partition coefficient (Wildman–Crippen LogP) is 2.99. The van der Waals surface area contributed by atoms with Crippen LogP contribution in [0, 0.1) is 0 Å². The van der Waals surface area contributed by atoms with Gasteiger partial charge < -0.3 is 10.8 Å². The fourth-order valence-corrected chi connectivity index (χ4v) is 3.60. The Morgan fingerprint density at radius 3 is 2.40 bits per heavy atom. The van der Waals surface area contributed by atoms with Crippen LogP contribution in [0.2, 0.25) is 0 Å². The number of aliphatic carboxylic acids is 1. The molecule has 2 rings (SSSR count). The van der Waals surface area contributed by atoms with Crippen LogP contribution in [0.25, 0.3) is 11.1 Å². The Bertz CT molecular complexity index is 978. The topological polar surface area (TPSA) is 123 Å². The van der Waals surface area contributed by atoms with Gasteiger partial charge in [0.15, 0.2) is 0 Å². The van der Waals surface area contributed by atoms with Crippen molar-refractivity contribution in [3.05, 3.63) is 54.4 Å². The Hall–Kier alpha value is -2.79. The number of nitrogens with two attached hydrogens (primary N) is 1. The third-order valence-electron chi connectivity index (χ3n) is 4.28. The van der Waals surface area contributed by atoms with Gasteiger partial charge in [-0.3, -0.25) is 9.78 Å². The normalized spacial score (nSPS) is 14.5. The van der Waals surface area contributed by atoms with Crippen molar-refractivity contribution in [1.82, 2.24) is 4.98 Å². The average Bonchev–Trinajstić information content (AvgIpc) is 2.68. The summed E-state index contributed by atoms with van der Waals surface area (Å²) in [7, 11) is -4.20. The standard InChI is InChI=1S/C19H20F3N3O4S/c20-19(21,22)16(8-11-30(28,29)25-10-7-17(23)18(26)27)14-5-3-13(4-6-14)15-2-1-9-24-12-15/h1-6,9-10,12,16-17H,7-8,11,23H2,(H,26,27)/t16?,17-/m0/s1. The maximum absolute atomic E-state index is 13.5. The quantitative estimate of drug-likeness (QED) is 0.575. The Balaban J connectivity index is 2.11. The number of rotatable bonds is 9. The van der Waals surface area contributed by atoms with Crippen molar-refractivity contribution < 1.29 is 31.5 Å². The number of aromatic nitrogens is 1. The highest BCUT2D eigenvalue weighted by molar-refractivity contribution is 7.90. The second-order valence-corrected chi connectivity index (χ2v) is 8.28. The van der Waals surface area contributed by atoms with Crippen molar-refractivity contribution >= 4 is 22.2 Å². The maximum atomic E-state index is 13.5. The van der Waals surface area contributed by atoms with Crippen LogP contribution in [0.1, 0.15) is 24.3 Å². The number of benzene rings is 1. The highest BCUT2D eigenvalue weighted by Crippen LogP contribution is 2.38. The molecular weight excluding hydrogens is 423 g/mol. The van der Waals surface area contributed by atoms with Crippen LogP contribution in [0.5, 0.6) is 0 Å². The van der Waals surface area contributed by atoms with Gasteiger partial charge in [0, 0.05) is 25.0 Å². The summed E-state index contributed by atoms with van der Waals surface area (Å²) in [5.41, 5.74) is 6.57. The molecule has 1 aromatic heterocycles. The number of sulfonamides is 1. The monoisotopic (exact) mass is 443 g/mol. The van der Waals surface area contributed by atoms with Gasteiger partial charge in [-0.25, -0.2) is 8.42 Å². The molecule has 1 unspecified atom stereocenters. The molecular formula is C19H20F3N3O4S. The summed E-state index contributed by atoms with van der Waals surface area (Å²) in [5.74, 6) is -4.18. The Kier molecular flexibility index (Phi) is 7.68. The molecule has 11 heteroatoms. The van der Waals surface area contributed by atoms with Crippen LogP contribution >= 0.6 is 0 Å². The van der Waals surface area contributed by atoms with E-state index in [1.807, 2.05) is 0 Å². The minimum atomic E-state index is -4.65. The van der Waals surface area contributed by atoms with E-state index in [0.717, 1.165) is 11.8 Å². The van der Waals surface area contributed by atoms with Gasteiger partial charge >= 0.3 is 12.1 Å². The van der Waals surface area contributed by atoms with Gasteiger partial charge in [-0.05, 0) is 29.2 Å². The van der Waals surface area contributed by atoms with E-state index in [1.165, 1.54) is 24.3 Å². The van der Waals surface area contributed by atoms with Crippen LogP contribution in [-0.4, -0.2) is 48.7 Å². The van der Waals surface area contributed by atoms with E-state index in [1.54, 1.807) is 24.5 Å². The fraction of sp³-hybridized carbons (Fsp3) is 0.316. The van der Waals surface area contributed by atoms with Crippen molar-refractivity contribution in [2.45, 2.75) is 31.0 Å². The number of hydrogen-bond donors (Lipinski definition) is 2. The summed E-state index contributed by atoms with van der Waals surface area (Å²) in [5, 5.41) is 8.63. The number of halogens is 3. The van der Waals surface area contributed by atoms with Crippen molar-refractivity contribution in [2.75, 3.05) is 5.75 Å². The first-order valence-corrected chi connectivity index (χ1v) is 10.4. The van der Waals surface area contributed by atoms with Crippen molar-refractivity contribution in [3.63, 3.8) is 0 Å². The Labute approximate surface area is 171 Å². The zero-order chi connectivity index (χ0) is 22.4. The molecule has 1 heterocycles. The number of carboxylic acids is 1. The van der Waals surface area contributed by atoms with E-state index in [9.17, 15) is 26.4 Å². The van der Waals surface area contributed by atoms with E-state index in [-0.39, 0.29) is 12.0 Å². The summed E-state index contributed by atoms with van der Waals surface area (Å²) in [6.45, 7) is 0. The zero-order valence-electron chi connectivity index (χ0n) is 15.7. The molecule has 0 aliphatic rings. The van der Waals surface area contributed by atoms with Crippen LogP contribution in [0.15, 0.2) is 53.2 Å². The van der Waals surface area contributed by atoms with Crippen LogP contribution in [0.3, 0.4) is 0 Å². The summed E-state index contributed by atoms with van der Waals surface area (Å²) in [6.07, 6.45) is -1.78. The molecule has 3 N–H and O–H groups in total. The lowest BCUT2D eigenvalue weighted by Crippen LogP contribution is -2.30. The first-order chi connectivity index (χ1) is 14.0. The fourth-order valence-electron chi connectivity index (χ4n) is 2.65. The number of hydrogen-bond acceptors (Lipinski definition) is 5. The van der Waals surface area contributed by atoms with Crippen LogP contribution < -0.4 is 5.73 Å². The average molecular weight is 443 g/mol. The lowest BCUT2D eigenvalue weighted by molar-refractivity contribution is -0.150. The molecule has 2 aromatic rings. The smallest absolute Gasteiger partial charge is 0.395 e. The minimum absolute atomic E-state index is 0.0674. The zero-order valence-corrected chi connectivity index (χ0v) is 16.5. The molecule has 0 radical (unpaired) electrons. The number of nitrogens with zero attached hydrogens (tertiary/aromatic N) is 2. The largest absolute Gasteiger partial charge is 0.480 e. The molecule has 0 aliphatic carbocycles. The molecule has 0 fully saturated rings. The lowest BCUT2D eigenvalue weighted by Gasteiger charge is -2.20. The summed E-state index contributed by atoms with van der Waals surface area (Å²) < 4.78 is 67.6. The molecule has 0 amide bonds. The van der Waals surface area contributed by atoms with Gasteiger partial charge in [0.25, 0.3) is 10.0 Å². The Morgan fingerprint density at radius 1 is 1.20 bits per heavy atom. The van der Waals surface area contributed by atoms with Crippen molar-refractivity contribution in [2.24, 2.45) is 10.1 Å². The summed E-state index contributed by atoms with van der Waals surface area (Å²) in [6, 6.07) is 7.78. The highest BCUT2D eigenvalue weighted by Gasteiger charge is 2.41. The number of pyridine rings is 1. The maximum Gasteiger partial charge on any atom is 0.395 e. The first-order valence-electron chi connectivity index (χ1n) is 8.81. The van der Waals surface area contributed by atoms with E-state index in [2.05, 4.69) is 9.38 Å². The van der Waals surface area contributed by atoms with Gasteiger partial charge in [0.1, 0.15) is 6.04 Å². The SMILES string of the molecule is N[C@@H](CC=NS(=O)(=O)CCC(c1ccc(-c2cccnc2)cc1)C(F)(F)F)C(=O)O. The van der Waals surface area contributed by atoms with Crippen LogP contribution in [-0.2, 0) is 14.8 Å². The van der Waals surface area contributed by atoms with Gasteiger partial charge in [0.2, 0.25) is 0 Å². The summed E-state index contributed by atoms with van der Waals surface area (Å²) in [4.78, 5) is 14.5. The second-order valence-electron chi connectivity index (χ2n) is 6.50. The van der Waals surface area contributed by atoms with Gasteiger partial charge in [-0.2, -0.15) is 17.6 Å². The second kappa shape index (κ2) is 9.81. The van der Waals surface area contributed by atoms with Crippen molar-refractivity contribution in [1.29, 1.82) is 0 Å². The molecule has 0 saturated carbocycles. The minimum Gasteiger partial charge on any atom is -0.480 e.